The van der Waals surface area contributed by atoms with Gasteiger partial charge in [-0.05, 0) is 32.0 Å². The maximum Gasteiger partial charge on any atom is 0.214 e. The van der Waals surface area contributed by atoms with E-state index >= 15 is 0 Å². The third-order valence-corrected chi connectivity index (χ3v) is 2.94. The normalized spacial score (nSPS) is 16.4. The summed E-state index contributed by atoms with van der Waals surface area (Å²) >= 11 is 0. The maximum atomic E-state index is 8.72. The molecule has 4 heteroatoms. The Hall–Kier alpha value is -1.60. The van der Waals surface area contributed by atoms with E-state index in [1.54, 1.807) is 18.2 Å². The number of aromatic nitrogens is 1. The van der Waals surface area contributed by atoms with Gasteiger partial charge in [0.25, 0.3) is 0 Å². The minimum absolute atomic E-state index is 0.403. The monoisotopic (exact) mass is 231 g/mol. The highest BCUT2D eigenvalue weighted by atomic mass is 16.5. The van der Waals surface area contributed by atoms with Gasteiger partial charge >= 0.3 is 0 Å². The maximum absolute atomic E-state index is 8.72. The SMILES string of the molecule is N#Cc1cccc(OCCN2CCCCC2)n1. The molecule has 1 aromatic heterocycles. The lowest BCUT2D eigenvalue weighted by Crippen LogP contribution is -2.33. The van der Waals surface area contributed by atoms with Gasteiger partial charge in [-0.2, -0.15) is 5.26 Å². The summed E-state index contributed by atoms with van der Waals surface area (Å²) in [5.41, 5.74) is 0.403. The topological polar surface area (TPSA) is 49.1 Å². The highest BCUT2D eigenvalue weighted by molar-refractivity contribution is 5.24. The third kappa shape index (κ3) is 3.72. The fourth-order valence-corrected chi connectivity index (χ4v) is 2.02. The summed E-state index contributed by atoms with van der Waals surface area (Å²) in [6.07, 6.45) is 3.94. The lowest BCUT2D eigenvalue weighted by Gasteiger charge is -2.25. The molecular weight excluding hydrogens is 214 g/mol. The Kier molecular flexibility index (Phi) is 4.34. The number of likely N-dealkylation sites (tertiary alicyclic amines) is 1. The second kappa shape index (κ2) is 6.21. The lowest BCUT2D eigenvalue weighted by molar-refractivity contribution is 0.180. The van der Waals surface area contributed by atoms with Gasteiger partial charge in [-0.1, -0.05) is 12.5 Å². The van der Waals surface area contributed by atoms with Crippen LogP contribution in [0.1, 0.15) is 25.0 Å². The first-order valence-corrected chi connectivity index (χ1v) is 6.11. The summed E-state index contributed by atoms with van der Waals surface area (Å²) in [5.74, 6) is 0.543. The minimum Gasteiger partial charge on any atom is -0.476 e. The van der Waals surface area contributed by atoms with Gasteiger partial charge in [-0.25, -0.2) is 4.98 Å². The van der Waals surface area contributed by atoms with E-state index < -0.39 is 0 Å². The van der Waals surface area contributed by atoms with Gasteiger partial charge in [-0.15, -0.1) is 0 Å². The molecule has 4 nitrogen and oxygen atoms in total. The molecule has 0 amide bonds. The first-order valence-electron chi connectivity index (χ1n) is 6.11. The molecule has 1 aliphatic rings. The fraction of sp³-hybridized carbons (Fsp3) is 0.538. The molecule has 0 saturated carbocycles. The highest BCUT2D eigenvalue weighted by Crippen LogP contribution is 2.09. The molecule has 1 aromatic rings. The average Bonchev–Trinajstić information content (AvgIpc) is 2.40. The van der Waals surface area contributed by atoms with E-state index in [-0.39, 0.29) is 0 Å². The van der Waals surface area contributed by atoms with Crippen LogP contribution in [0, 0.1) is 11.3 Å². The number of hydrogen-bond acceptors (Lipinski definition) is 4. The molecule has 90 valence electrons. The van der Waals surface area contributed by atoms with Crippen LogP contribution in [0.3, 0.4) is 0 Å². The summed E-state index contributed by atoms with van der Waals surface area (Å²) in [6, 6.07) is 7.27. The number of nitrogens with zero attached hydrogens (tertiary/aromatic N) is 3. The average molecular weight is 231 g/mol. The largest absolute Gasteiger partial charge is 0.476 e. The van der Waals surface area contributed by atoms with E-state index in [9.17, 15) is 0 Å². The molecular formula is C13H17N3O. The number of pyridine rings is 1. The Labute approximate surface area is 102 Å². The lowest BCUT2D eigenvalue weighted by atomic mass is 10.1. The van der Waals surface area contributed by atoms with Crippen LogP contribution in [0.25, 0.3) is 0 Å². The van der Waals surface area contributed by atoms with Crippen LogP contribution in [0.2, 0.25) is 0 Å². The fourth-order valence-electron chi connectivity index (χ4n) is 2.02. The van der Waals surface area contributed by atoms with E-state index in [1.165, 1.54) is 32.4 Å². The van der Waals surface area contributed by atoms with Crippen molar-refractivity contribution >= 4 is 0 Å². The van der Waals surface area contributed by atoms with Crippen LogP contribution in [0.4, 0.5) is 0 Å². The molecule has 0 aromatic carbocycles. The molecule has 17 heavy (non-hydrogen) atoms. The van der Waals surface area contributed by atoms with Crippen LogP contribution < -0.4 is 4.74 Å². The van der Waals surface area contributed by atoms with E-state index in [0.29, 0.717) is 18.2 Å². The summed E-state index contributed by atoms with van der Waals surface area (Å²) < 4.78 is 5.55. The standard InChI is InChI=1S/C13H17N3O/c14-11-12-5-4-6-13(15-12)17-10-9-16-7-2-1-3-8-16/h4-6H,1-3,7-10H2. The Morgan fingerprint density at radius 2 is 2.12 bits per heavy atom. The second-order valence-corrected chi connectivity index (χ2v) is 4.22. The Morgan fingerprint density at radius 3 is 2.88 bits per heavy atom. The molecule has 0 unspecified atom stereocenters. The molecule has 2 heterocycles. The van der Waals surface area contributed by atoms with E-state index in [2.05, 4.69) is 9.88 Å². The molecule has 0 N–H and O–H groups in total. The first-order chi connectivity index (χ1) is 8.38. The summed E-state index contributed by atoms with van der Waals surface area (Å²) in [4.78, 5) is 6.49. The van der Waals surface area contributed by atoms with Gasteiger partial charge in [-0.3, -0.25) is 4.90 Å². The predicted molar refractivity (Wildman–Crippen MR) is 64.7 cm³/mol. The Morgan fingerprint density at radius 1 is 1.29 bits per heavy atom. The second-order valence-electron chi connectivity index (χ2n) is 4.22. The van der Waals surface area contributed by atoms with Crippen molar-refractivity contribution in [3.05, 3.63) is 23.9 Å². The van der Waals surface area contributed by atoms with Crippen LogP contribution in [0.5, 0.6) is 5.88 Å². The van der Waals surface area contributed by atoms with Crippen molar-refractivity contribution in [1.29, 1.82) is 5.26 Å². The molecule has 0 bridgehead atoms. The van der Waals surface area contributed by atoms with Crippen molar-refractivity contribution in [2.45, 2.75) is 19.3 Å². The number of rotatable bonds is 4. The summed E-state index contributed by atoms with van der Waals surface area (Å²) in [5, 5.41) is 8.72. The number of piperidine rings is 1. The van der Waals surface area contributed by atoms with Gasteiger partial charge < -0.3 is 4.74 Å². The molecule has 0 radical (unpaired) electrons. The van der Waals surface area contributed by atoms with Crippen molar-refractivity contribution in [1.82, 2.24) is 9.88 Å². The van der Waals surface area contributed by atoms with Gasteiger partial charge in [0.15, 0.2) is 0 Å². The Balaban J connectivity index is 1.75. The van der Waals surface area contributed by atoms with E-state index in [4.69, 9.17) is 10.00 Å². The van der Waals surface area contributed by atoms with Crippen molar-refractivity contribution in [2.75, 3.05) is 26.2 Å². The molecule has 0 aliphatic carbocycles. The van der Waals surface area contributed by atoms with Gasteiger partial charge in [0.1, 0.15) is 18.4 Å². The smallest absolute Gasteiger partial charge is 0.214 e. The molecule has 0 spiro atoms. The minimum atomic E-state index is 0.403. The van der Waals surface area contributed by atoms with Crippen molar-refractivity contribution in [3.63, 3.8) is 0 Å². The van der Waals surface area contributed by atoms with Crippen LogP contribution in [-0.2, 0) is 0 Å². The van der Waals surface area contributed by atoms with Crippen LogP contribution in [-0.4, -0.2) is 36.1 Å². The highest BCUT2D eigenvalue weighted by Gasteiger charge is 2.09. The summed E-state index contributed by atoms with van der Waals surface area (Å²) in [7, 11) is 0. The van der Waals surface area contributed by atoms with Crippen LogP contribution >= 0.6 is 0 Å². The van der Waals surface area contributed by atoms with Crippen molar-refractivity contribution in [2.24, 2.45) is 0 Å². The quantitative estimate of drug-likeness (QED) is 0.793. The molecule has 2 rings (SSSR count). The zero-order chi connectivity index (χ0) is 11.9. The zero-order valence-corrected chi connectivity index (χ0v) is 9.93. The van der Waals surface area contributed by atoms with Gasteiger partial charge in [0.05, 0.1) is 0 Å². The number of nitriles is 1. The zero-order valence-electron chi connectivity index (χ0n) is 9.93. The van der Waals surface area contributed by atoms with Gasteiger partial charge in [0.2, 0.25) is 5.88 Å². The molecule has 1 fully saturated rings. The van der Waals surface area contributed by atoms with Gasteiger partial charge in [0, 0.05) is 12.6 Å². The van der Waals surface area contributed by atoms with E-state index in [0.717, 1.165) is 6.54 Å². The number of ether oxygens (including phenoxy) is 1. The number of hydrogen-bond donors (Lipinski definition) is 0. The molecule has 1 saturated heterocycles. The molecule has 0 atom stereocenters. The van der Waals surface area contributed by atoms with E-state index in [1.807, 2.05) is 6.07 Å². The predicted octanol–water partition coefficient (Wildman–Crippen LogP) is 1.82. The third-order valence-electron chi connectivity index (χ3n) is 2.94. The van der Waals surface area contributed by atoms with Crippen LogP contribution in [0.15, 0.2) is 18.2 Å². The van der Waals surface area contributed by atoms with Crippen molar-refractivity contribution < 1.29 is 4.74 Å². The first kappa shape index (κ1) is 11.9. The molecule has 1 aliphatic heterocycles. The summed E-state index contributed by atoms with van der Waals surface area (Å²) in [6.45, 7) is 3.93. The Bertz CT molecular complexity index is 394. The van der Waals surface area contributed by atoms with Crippen molar-refractivity contribution in [3.8, 4) is 11.9 Å².